The van der Waals surface area contributed by atoms with Crippen LogP contribution in [0.1, 0.15) is 45.2 Å². The smallest absolute Gasteiger partial charge is 0.326 e. The summed E-state index contributed by atoms with van der Waals surface area (Å²) in [4.78, 5) is 71.5. The maximum atomic E-state index is 13.2. The number of hydrogen-bond acceptors (Lipinski definition) is 8. The number of aromatic nitrogens is 2. The van der Waals surface area contributed by atoms with Crippen LogP contribution in [-0.2, 0) is 30.4 Å². The van der Waals surface area contributed by atoms with Crippen molar-refractivity contribution in [2.24, 2.45) is 28.1 Å². The van der Waals surface area contributed by atoms with Gasteiger partial charge >= 0.3 is 11.9 Å². The van der Waals surface area contributed by atoms with Crippen molar-refractivity contribution in [2.75, 3.05) is 6.54 Å². The molecule has 16 nitrogen and oxygen atoms in total. The van der Waals surface area contributed by atoms with Crippen molar-refractivity contribution in [3.63, 3.8) is 0 Å². The van der Waals surface area contributed by atoms with E-state index in [0.29, 0.717) is 12.1 Å². The lowest BCUT2D eigenvalue weighted by atomic mass is 10.0. The van der Waals surface area contributed by atoms with Crippen LogP contribution in [0.25, 0.3) is 0 Å². The van der Waals surface area contributed by atoms with Gasteiger partial charge in [0, 0.05) is 31.3 Å². The molecule has 0 saturated carbocycles. The monoisotopic (exact) mass is 539 g/mol. The minimum absolute atomic E-state index is 0.105. The second-order valence-electron chi connectivity index (χ2n) is 8.96. The third-order valence-electron chi connectivity index (χ3n) is 5.42. The number of carbonyl (C=O) groups is 5. The Morgan fingerprint density at radius 1 is 1.00 bits per heavy atom. The molecule has 38 heavy (non-hydrogen) atoms. The first-order valence-electron chi connectivity index (χ1n) is 12.0. The fourth-order valence-electron chi connectivity index (χ4n) is 3.35. The summed E-state index contributed by atoms with van der Waals surface area (Å²) >= 11 is 0. The van der Waals surface area contributed by atoms with E-state index in [2.05, 4.69) is 30.9 Å². The number of aliphatic carboxylic acids is 2. The van der Waals surface area contributed by atoms with Gasteiger partial charge in [-0.25, -0.2) is 9.78 Å². The molecule has 212 valence electrons. The molecule has 0 aliphatic carbocycles. The van der Waals surface area contributed by atoms with Crippen LogP contribution in [-0.4, -0.2) is 86.5 Å². The van der Waals surface area contributed by atoms with Crippen LogP contribution >= 0.6 is 0 Å². The SMILES string of the molecule is CC(C)C(NC(=O)C(CCCN=C(N)N)NC(=O)C(N)Cc1cnc[nH]1)C(=O)NC(CCC(=O)O)C(=O)O. The van der Waals surface area contributed by atoms with E-state index in [1.165, 1.54) is 12.5 Å². The molecule has 1 heterocycles. The van der Waals surface area contributed by atoms with Crippen LogP contribution in [0.5, 0.6) is 0 Å². The Kier molecular flexibility index (Phi) is 13.2. The molecule has 0 aliphatic rings. The first-order valence-corrected chi connectivity index (χ1v) is 12.0. The average Bonchev–Trinajstić information content (AvgIpc) is 3.33. The molecule has 0 spiro atoms. The number of carboxylic acids is 2. The van der Waals surface area contributed by atoms with Gasteiger partial charge in [0.25, 0.3) is 0 Å². The largest absolute Gasteiger partial charge is 0.481 e. The summed E-state index contributed by atoms with van der Waals surface area (Å²) in [5.74, 6) is -5.38. The highest BCUT2D eigenvalue weighted by Crippen LogP contribution is 2.08. The van der Waals surface area contributed by atoms with Crippen molar-refractivity contribution in [1.82, 2.24) is 25.9 Å². The first-order chi connectivity index (χ1) is 17.8. The van der Waals surface area contributed by atoms with Crippen LogP contribution < -0.4 is 33.2 Å². The maximum absolute atomic E-state index is 13.2. The molecule has 0 saturated heterocycles. The van der Waals surface area contributed by atoms with Crippen molar-refractivity contribution >= 4 is 35.6 Å². The number of rotatable bonds is 17. The molecule has 4 unspecified atom stereocenters. The Bertz CT molecular complexity index is 978. The zero-order valence-corrected chi connectivity index (χ0v) is 21.3. The Hall–Kier alpha value is -4.21. The molecule has 4 atom stereocenters. The molecule has 1 aromatic rings. The molecule has 0 aliphatic heterocycles. The number of aromatic amines is 1. The van der Waals surface area contributed by atoms with Crippen LogP contribution in [0.2, 0.25) is 0 Å². The van der Waals surface area contributed by atoms with E-state index in [1.807, 2.05) is 0 Å². The Labute approximate surface area is 219 Å². The summed E-state index contributed by atoms with van der Waals surface area (Å²) in [6.45, 7) is 3.44. The van der Waals surface area contributed by atoms with Crippen molar-refractivity contribution in [3.8, 4) is 0 Å². The number of hydrogen-bond donors (Lipinski definition) is 9. The zero-order chi connectivity index (χ0) is 28.8. The Morgan fingerprint density at radius 2 is 1.66 bits per heavy atom. The summed E-state index contributed by atoms with van der Waals surface area (Å²) in [6, 6.07) is -4.75. The molecular formula is C22H37N9O7. The molecule has 0 fully saturated rings. The molecular weight excluding hydrogens is 502 g/mol. The van der Waals surface area contributed by atoms with Gasteiger partial charge in [0.15, 0.2) is 5.96 Å². The van der Waals surface area contributed by atoms with E-state index < -0.39 is 66.2 Å². The third-order valence-corrected chi connectivity index (χ3v) is 5.42. The molecule has 0 bridgehead atoms. The second kappa shape index (κ2) is 15.8. The molecule has 16 heteroatoms. The third kappa shape index (κ3) is 11.7. The first kappa shape index (κ1) is 31.8. The van der Waals surface area contributed by atoms with Gasteiger partial charge in [0.05, 0.1) is 12.4 Å². The number of nitrogens with two attached hydrogens (primary N) is 3. The van der Waals surface area contributed by atoms with Crippen LogP contribution in [0.3, 0.4) is 0 Å². The highest BCUT2D eigenvalue weighted by Gasteiger charge is 2.32. The summed E-state index contributed by atoms with van der Waals surface area (Å²) < 4.78 is 0. The van der Waals surface area contributed by atoms with Crippen LogP contribution in [0.4, 0.5) is 0 Å². The summed E-state index contributed by atoms with van der Waals surface area (Å²) in [5, 5.41) is 25.6. The Morgan fingerprint density at radius 3 is 2.18 bits per heavy atom. The summed E-state index contributed by atoms with van der Waals surface area (Å²) in [7, 11) is 0. The molecule has 0 radical (unpaired) electrons. The number of nitrogens with one attached hydrogen (secondary N) is 4. The van der Waals surface area contributed by atoms with E-state index in [0.717, 1.165) is 0 Å². The highest BCUT2D eigenvalue weighted by molar-refractivity contribution is 5.94. The van der Waals surface area contributed by atoms with Gasteiger partial charge in [-0.2, -0.15) is 0 Å². The summed E-state index contributed by atoms with van der Waals surface area (Å²) in [6.07, 6.45) is 2.69. The number of amides is 3. The van der Waals surface area contributed by atoms with Gasteiger partial charge in [0.1, 0.15) is 18.1 Å². The van der Waals surface area contributed by atoms with E-state index in [4.69, 9.17) is 22.3 Å². The van der Waals surface area contributed by atoms with E-state index in [1.54, 1.807) is 13.8 Å². The topological polar surface area (TPSA) is 281 Å². The number of nitrogens with zero attached hydrogens (tertiary/aromatic N) is 2. The van der Waals surface area contributed by atoms with Crippen molar-refractivity contribution in [1.29, 1.82) is 0 Å². The van der Waals surface area contributed by atoms with Gasteiger partial charge < -0.3 is 48.3 Å². The standard InChI is InChI=1S/C22H37N9O7/c1-11(2)17(20(36)30-15(21(37)38)5-6-16(32)33)31-19(35)14(4-3-7-27-22(24)25)29-18(34)13(23)8-12-9-26-10-28-12/h9-11,13-15,17H,3-8,23H2,1-2H3,(H,26,28)(H,29,34)(H,30,36)(H,31,35)(H,32,33)(H,37,38)(H4,24,25,27). The number of aliphatic imine (C=N–C) groups is 1. The second-order valence-corrected chi connectivity index (χ2v) is 8.96. The zero-order valence-electron chi connectivity index (χ0n) is 21.3. The minimum atomic E-state index is -1.47. The quantitative estimate of drug-likeness (QED) is 0.0561. The average molecular weight is 540 g/mol. The number of carboxylic acid groups (broad SMARTS) is 2. The Balaban J connectivity index is 2.97. The predicted molar refractivity (Wildman–Crippen MR) is 135 cm³/mol. The number of imidazole rings is 1. The summed E-state index contributed by atoms with van der Waals surface area (Å²) in [5.41, 5.74) is 17.2. The van der Waals surface area contributed by atoms with Gasteiger partial charge in [-0.1, -0.05) is 13.8 Å². The maximum Gasteiger partial charge on any atom is 0.326 e. The number of carbonyl (C=O) groups excluding carboxylic acids is 3. The molecule has 12 N–H and O–H groups in total. The highest BCUT2D eigenvalue weighted by atomic mass is 16.4. The lowest BCUT2D eigenvalue weighted by Gasteiger charge is -2.27. The van der Waals surface area contributed by atoms with Crippen LogP contribution in [0, 0.1) is 5.92 Å². The normalized spacial score (nSPS) is 14.0. The van der Waals surface area contributed by atoms with Gasteiger partial charge in [-0.15, -0.1) is 0 Å². The molecule has 1 rings (SSSR count). The molecule has 0 aromatic carbocycles. The number of guanidine groups is 1. The van der Waals surface area contributed by atoms with E-state index in [9.17, 15) is 29.1 Å². The van der Waals surface area contributed by atoms with Gasteiger partial charge in [-0.3, -0.25) is 24.2 Å². The fraction of sp³-hybridized carbons (Fsp3) is 0.591. The van der Waals surface area contributed by atoms with Crippen LogP contribution in [0.15, 0.2) is 17.5 Å². The number of H-pyrrole nitrogens is 1. The van der Waals surface area contributed by atoms with E-state index >= 15 is 0 Å². The fourth-order valence-corrected chi connectivity index (χ4v) is 3.35. The molecule has 1 aromatic heterocycles. The molecule has 3 amide bonds. The van der Waals surface area contributed by atoms with Gasteiger partial charge in [-0.05, 0) is 25.2 Å². The lowest BCUT2D eigenvalue weighted by molar-refractivity contribution is -0.143. The van der Waals surface area contributed by atoms with E-state index in [-0.39, 0.29) is 31.8 Å². The lowest BCUT2D eigenvalue weighted by Crippen LogP contribution is -2.58. The predicted octanol–water partition coefficient (Wildman–Crippen LogP) is -2.61. The van der Waals surface area contributed by atoms with Crippen molar-refractivity contribution < 1.29 is 34.2 Å². The minimum Gasteiger partial charge on any atom is -0.481 e. The van der Waals surface area contributed by atoms with Gasteiger partial charge in [0.2, 0.25) is 17.7 Å². The van der Waals surface area contributed by atoms with Crippen molar-refractivity contribution in [3.05, 3.63) is 18.2 Å². The van der Waals surface area contributed by atoms with Crippen molar-refractivity contribution in [2.45, 2.75) is 70.1 Å².